The molecule has 0 aromatic heterocycles. The van der Waals surface area contributed by atoms with Crippen LogP contribution < -0.4 is 5.43 Å². The highest BCUT2D eigenvalue weighted by atomic mass is 35.5. The van der Waals surface area contributed by atoms with Gasteiger partial charge in [-0.25, -0.2) is 0 Å². The predicted molar refractivity (Wildman–Crippen MR) is 60.3 cm³/mol. The topological polar surface area (TPSA) is 67.5 Å². The molecule has 1 aromatic carbocycles. The second kappa shape index (κ2) is 5.31. The van der Waals surface area contributed by atoms with Crippen molar-refractivity contribution in [3.05, 3.63) is 34.4 Å². The number of hydrogen-bond acceptors (Lipinski definition) is 4. The first kappa shape index (κ1) is 11.5. The summed E-state index contributed by atoms with van der Waals surface area (Å²) in [6, 6.07) is 6.25. The Morgan fingerprint density at radius 3 is 2.87 bits per heavy atom. The summed E-state index contributed by atoms with van der Waals surface area (Å²) >= 11 is 5.66. The molecule has 0 unspecified atom stereocenters. The molecule has 0 atom stereocenters. The number of nitro benzene ring substituents is 1. The lowest BCUT2D eigenvalue weighted by atomic mass is 10.3. The third-order valence-corrected chi connectivity index (χ3v) is 2.04. The van der Waals surface area contributed by atoms with Gasteiger partial charge < -0.3 is 0 Å². The molecule has 0 fully saturated rings. The second-order valence-electron chi connectivity index (χ2n) is 2.73. The average Bonchev–Trinajstić information content (AvgIpc) is 2.26. The number of nitrogens with zero attached hydrogens (tertiary/aromatic N) is 2. The molecule has 1 rings (SSSR count). The lowest BCUT2D eigenvalue weighted by Crippen LogP contribution is -1.98. The van der Waals surface area contributed by atoms with Crippen LogP contribution in [0.5, 0.6) is 0 Å². The van der Waals surface area contributed by atoms with Gasteiger partial charge in [0.05, 0.1) is 4.92 Å². The largest absolute Gasteiger partial charge is 0.294 e. The number of para-hydroxylation sites is 2. The zero-order valence-corrected chi connectivity index (χ0v) is 8.86. The normalized spacial score (nSPS) is 11.2. The van der Waals surface area contributed by atoms with Crippen LogP contribution in [-0.2, 0) is 0 Å². The Hall–Kier alpha value is -1.62. The quantitative estimate of drug-likeness (QED) is 0.489. The van der Waals surface area contributed by atoms with Crippen LogP contribution in [0, 0.1) is 10.1 Å². The summed E-state index contributed by atoms with van der Waals surface area (Å²) in [5.41, 5.74) is 2.86. The standard InChI is InChI=1S/C9H10ClN3O2/c1-2-9(10)12-11-7-5-3-4-6-8(7)13(14)15/h3-6,11H,2H2,1H3. The van der Waals surface area contributed by atoms with E-state index in [1.807, 2.05) is 6.92 Å². The maximum atomic E-state index is 10.6. The van der Waals surface area contributed by atoms with Crippen molar-refractivity contribution in [1.82, 2.24) is 0 Å². The van der Waals surface area contributed by atoms with Crippen LogP contribution in [0.3, 0.4) is 0 Å². The van der Waals surface area contributed by atoms with E-state index in [4.69, 9.17) is 11.6 Å². The Balaban J connectivity index is 2.90. The maximum Gasteiger partial charge on any atom is 0.294 e. The number of nitrogens with one attached hydrogen (secondary N) is 1. The van der Waals surface area contributed by atoms with Gasteiger partial charge in [0, 0.05) is 6.07 Å². The fraction of sp³-hybridized carbons (Fsp3) is 0.222. The first-order valence-electron chi connectivity index (χ1n) is 4.36. The van der Waals surface area contributed by atoms with Crippen molar-refractivity contribution in [2.24, 2.45) is 5.10 Å². The summed E-state index contributed by atoms with van der Waals surface area (Å²) in [5.74, 6) is 0. The summed E-state index contributed by atoms with van der Waals surface area (Å²) < 4.78 is 0. The number of hydrazone groups is 1. The number of halogens is 1. The number of hydrogen-bond donors (Lipinski definition) is 1. The van der Waals surface area contributed by atoms with E-state index >= 15 is 0 Å². The lowest BCUT2D eigenvalue weighted by molar-refractivity contribution is -0.384. The van der Waals surface area contributed by atoms with Crippen molar-refractivity contribution >= 4 is 28.1 Å². The van der Waals surface area contributed by atoms with Gasteiger partial charge in [0.25, 0.3) is 5.69 Å². The zero-order valence-electron chi connectivity index (χ0n) is 8.11. The van der Waals surface area contributed by atoms with Crippen LogP contribution in [-0.4, -0.2) is 10.1 Å². The van der Waals surface area contributed by atoms with Gasteiger partial charge in [0.1, 0.15) is 10.9 Å². The molecule has 15 heavy (non-hydrogen) atoms. The number of benzene rings is 1. The second-order valence-corrected chi connectivity index (χ2v) is 3.16. The minimum Gasteiger partial charge on any atom is -0.271 e. The molecular formula is C9H10ClN3O2. The molecule has 1 aromatic rings. The van der Waals surface area contributed by atoms with Crippen LogP contribution >= 0.6 is 11.6 Å². The minimum absolute atomic E-state index is 0.0261. The fourth-order valence-corrected chi connectivity index (χ4v) is 0.970. The van der Waals surface area contributed by atoms with Gasteiger partial charge in [-0.15, -0.1) is 0 Å². The Morgan fingerprint density at radius 2 is 2.27 bits per heavy atom. The lowest BCUT2D eigenvalue weighted by Gasteiger charge is -2.01. The molecule has 5 nitrogen and oxygen atoms in total. The van der Waals surface area contributed by atoms with Crippen molar-refractivity contribution in [2.75, 3.05) is 5.43 Å². The van der Waals surface area contributed by atoms with Crippen molar-refractivity contribution in [3.8, 4) is 0 Å². The van der Waals surface area contributed by atoms with Crippen molar-refractivity contribution in [1.29, 1.82) is 0 Å². The third-order valence-electron chi connectivity index (χ3n) is 1.69. The zero-order chi connectivity index (χ0) is 11.3. The highest BCUT2D eigenvalue weighted by Crippen LogP contribution is 2.23. The highest BCUT2D eigenvalue weighted by Gasteiger charge is 2.11. The molecule has 0 saturated heterocycles. The van der Waals surface area contributed by atoms with Crippen LogP contribution in [0.1, 0.15) is 13.3 Å². The number of anilines is 1. The molecule has 1 N–H and O–H groups in total. The molecule has 0 heterocycles. The van der Waals surface area contributed by atoms with E-state index in [9.17, 15) is 10.1 Å². The monoisotopic (exact) mass is 227 g/mol. The van der Waals surface area contributed by atoms with Gasteiger partial charge in [-0.3, -0.25) is 15.5 Å². The molecule has 80 valence electrons. The van der Waals surface area contributed by atoms with Crippen LogP contribution in [0.25, 0.3) is 0 Å². The van der Waals surface area contributed by atoms with E-state index in [1.165, 1.54) is 6.07 Å². The van der Waals surface area contributed by atoms with Crippen molar-refractivity contribution < 1.29 is 4.92 Å². The highest BCUT2D eigenvalue weighted by molar-refractivity contribution is 6.65. The summed E-state index contributed by atoms with van der Waals surface area (Å²) in [6.45, 7) is 1.84. The summed E-state index contributed by atoms with van der Waals surface area (Å²) in [4.78, 5) is 10.1. The number of nitro groups is 1. The van der Waals surface area contributed by atoms with E-state index in [0.29, 0.717) is 17.3 Å². The minimum atomic E-state index is -0.475. The van der Waals surface area contributed by atoms with E-state index in [0.717, 1.165) is 0 Å². The van der Waals surface area contributed by atoms with Crippen LogP contribution in [0.2, 0.25) is 0 Å². The molecule has 0 bridgehead atoms. The van der Waals surface area contributed by atoms with Crippen LogP contribution in [0.4, 0.5) is 11.4 Å². The van der Waals surface area contributed by atoms with Gasteiger partial charge in [-0.1, -0.05) is 30.7 Å². The van der Waals surface area contributed by atoms with Gasteiger partial charge in [0.2, 0.25) is 0 Å². The number of rotatable bonds is 4. The SMILES string of the molecule is CCC(Cl)=NNc1ccccc1[N+](=O)[O-]. The average molecular weight is 228 g/mol. The molecule has 0 aliphatic heterocycles. The summed E-state index contributed by atoms with van der Waals surface area (Å²) in [5, 5.41) is 14.8. The summed E-state index contributed by atoms with van der Waals surface area (Å²) in [7, 11) is 0. The first-order valence-corrected chi connectivity index (χ1v) is 4.74. The Morgan fingerprint density at radius 1 is 1.60 bits per heavy atom. The van der Waals surface area contributed by atoms with E-state index in [2.05, 4.69) is 10.5 Å². The van der Waals surface area contributed by atoms with E-state index in [-0.39, 0.29) is 5.69 Å². The first-order chi connectivity index (χ1) is 7.15. The molecule has 0 saturated carbocycles. The van der Waals surface area contributed by atoms with Gasteiger partial charge in [-0.05, 0) is 12.5 Å². The molecule has 6 heteroatoms. The molecular weight excluding hydrogens is 218 g/mol. The maximum absolute atomic E-state index is 10.6. The van der Waals surface area contributed by atoms with E-state index in [1.54, 1.807) is 18.2 Å². The summed E-state index contributed by atoms with van der Waals surface area (Å²) in [6.07, 6.45) is 0.579. The molecule has 0 radical (unpaired) electrons. The van der Waals surface area contributed by atoms with Gasteiger partial charge >= 0.3 is 0 Å². The molecule has 0 amide bonds. The van der Waals surface area contributed by atoms with Crippen molar-refractivity contribution in [3.63, 3.8) is 0 Å². The smallest absolute Gasteiger partial charge is 0.271 e. The fourth-order valence-electron chi connectivity index (χ4n) is 0.927. The van der Waals surface area contributed by atoms with Gasteiger partial charge in [0.15, 0.2) is 0 Å². The Kier molecular flexibility index (Phi) is 4.05. The van der Waals surface area contributed by atoms with E-state index < -0.39 is 4.92 Å². The predicted octanol–water partition coefficient (Wildman–Crippen LogP) is 2.97. The molecule has 0 aliphatic rings. The van der Waals surface area contributed by atoms with Crippen molar-refractivity contribution in [2.45, 2.75) is 13.3 Å². The van der Waals surface area contributed by atoms with Gasteiger partial charge in [-0.2, -0.15) is 5.10 Å². The molecule has 0 aliphatic carbocycles. The molecule has 0 spiro atoms. The third kappa shape index (κ3) is 3.21. The Labute approximate surface area is 91.9 Å². The van der Waals surface area contributed by atoms with Crippen LogP contribution in [0.15, 0.2) is 29.4 Å². The Bertz CT molecular complexity index is 393.